The van der Waals surface area contributed by atoms with E-state index in [9.17, 15) is 0 Å². The number of benzene rings is 1. The Morgan fingerprint density at radius 1 is 1.40 bits per heavy atom. The van der Waals surface area contributed by atoms with Crippen LogP contribution in [0.15, 0.2) is 35.7 Å². The van der Waals surface area contributed by atoms with Crippen LogP contribution in [0.1, 0.15) is 17.4 Å². The SMILES string of the molecule is CCN(Cc1cccs1)c1cc(OC)ccc1C(=N)N. The van der Waals surface area contributed by atoms with Crippen molar-refractivity contribution in [2.24, 2.45) is 5.73 Å². The van der Waals surface area contributed by atoms with Gasteiger partial charge in [0.25, 0.3) is 0 Å². The molecule has 4 nitrogen and oxygen atoms in total. The molecule has 0 amide bonds. The van der Waals surface area contributed by atoms with Crippen LogP contribution in [-0.2, 0) is 6.54 Å². The van der Waals surface area contributed by atoms with Crippen LogP contribution in [0.3, 0.4) is 0 Å². The molecule has 0 bridgehead atoms. The van der Waals surface area contributed by atoms with Crippen molar-refractivity contribution in [1.29, 1.82) is 5.41 Å². The van der Waals surface area contributed by atoms with Crippen molar-refractivity contribution >= 4 is 22.9 Å². The van der Waals surface area contributed by atoms with Gasteiger partial charge in [0.05, 0.1) is 19.3 Å². The van der Waals surface area contributed by atoms with Crippen LogP contribution in [0, 0.1) is 5.41 Å². The zero-order valence-electron chi connectivity index (χ0n) is 11.7. The average molecular weight is 289 g/mol. The Bertz CT molecular complexity index is 581. The van der Waals surface area contributed by atoms with Crippen molar-refractivity contribution in [3.05, 3.63) is 46.2 Å². The van der Waals surface area contributed by atoms with Gasteiger partial charge < -0.3 is 15.4 Å². The van der Waals surface area contributed by atoms with E-state index in [0.717, 1.165) is 30.1 Å². The molecule has 2 aromatic rings. The highest BCUT2D eigenvalue weighted by Gasteiger charge is 2.14. The summed E-state index contributed by atoms with van der Waals surface area (Å²) in [6.07, 6.45) is 0. The molecule has 0 radical (unpaired) electrons. The summed E-state index contributed by atoms with van der Waals surface area (Å²) < 4.78 is 5.28. The number of methoxy groups -OCH3 is 1. The van der Waals surface area contributed by atoms with Gasteiger partial charge in [-0.05, 0) is 30.5 Å². The van der Waals surface area contributed by atoms with Gasteiger partial charge in [-0.3, -0.25) is 5.41 Å². The van der Waals surface area contributed by atoms with Gasteiger partial charge in [-0.2, -0.15) is 0 Å². The van der Waals surface area contributed by atoms with Gasteiger partial charge in [0.15, 0.2) is 0 Å². The maximum atomic E-state index is 7.73. The van der Waals surface area contributed by atoms with Gasteiger partial charge in [-0.25, -0.2) is 0 Å². The van der Waals surface area contributed by atoms with Crippen molar-refractivity contribution in [2.75, 3.05) is 18.6 Å². The highest BCUT2D eigenvalue weighted by atomic mass is 32.1. The first-order valence-corrected chi connectivity index (χ1v) is 7.33. The Morgan fingerprint density at radius 2 is 2.20 bits per heavy atom. The number of thiophene rings is 1. The van der Waals surface area contributed by atoms with E-state index in [0.29, 0.717) is 0 Å². The number of nitrogens with zero attached hydrogens (tertiary/aromatic N) is 1. The lowest BCUT2D eigenvalue weighted by molar-refractivity contribution is 0.414. The number of amidine groups is 1. The van der Waals surface area contributed by atoms with Crippen LogP contribution >= 0.6 is 11.3 Å². The second-order valence-corrected chi connectivity index (χ2v) is 5.42. The van der Waals surface area contributed by atoms with E-state index in [2.05, 4.69) is 23.3 Å². The van der Waals surface area contributed by atoms with E-state index >= 15 is 0 Å². The smallest absolute Gasteiger partial charge is 0.124 e. The third-order valence-corrected chi connectivity index (χ3v) is 4.01. The van der Waals surface area contributed by atoms with Gasteiger partial charge >= 0.3 is 0 Å². The first-order chi connectivity index (χ1) is 9.65. The molecule has 0 fully saturated rings. The molecule has 0 spiro atoms. The Morgan fingerprint density at radius 3 is 2.75 bits per heavy atom. The van der Waals surface area contributed by atoms with Crippen molar-refractivity contribution in [1.82, 2.24) is 0 Å². The van der Waals surface area contributed by atoms with Gasteiger partial charge in [0.1, 0.15) is 11.6 Å². The molecule has 0 unspecified atom stereocenters. The highest BCUT2D eigenvalue weighted by Crippen LogP contribution is 2.28. The molecule has 1 aromatic heterocycles. The minimum absolute atomic E-state index is 0.0762. The molecular weight excluding hydrogens is 270 g/mol. The number of nitrogens with two attached hydrogens (primary N) is 1. The number of ether oxygens (including phenoxy) is 1. The molecular formula is C15H19N3OS. The standard InChI is InChI=1S/C15H19N3OS/c1-3-18(10-12-5-4-8-20-12)14-9-11(19-2)6-7-13(14)15(16)17/h4-9H,3,10H2,1-2H3,(H3,16,17). The molecule has 20 heavy (non-hydrogen) atoms. The number of nitrogen functional groups attached to an aromatic ring is 1. The normalized spacial score (nSPS) is 10.3. The quantitative estimate of drug-likeness (QED) is 0.634. The predicted molar refractivity (Wildman–Crippen MR) is 85.1 cm³/mol. The summed E-state index contributed by atoms with van der Waals surface area (Å²) in [5.74, 6) is 0.849. The van der Waals surface area contributed by atoms with Crippen molar-refractivity contribution in [3.8, 4) is 5.75 Å². The molecule has 3 N–H and O–H groups in total. The maximum Gasteiger partial charge on any atom is 0.124 e. The molecule has 1 heterocycles. The summed E-state index contributed by atoms with van der Waals surface area (Å²) in [4.78, 5) is 3.48. The van der Waals surface area contributed by atoms with Crippen LogP contribution in [0.4, 0.5) is 5.69 Å². The molecule has 0 saturated carbocycles. The Hall–Kier alpha value is -2.01. The van der Waals surface area contributed by atoms with E-state index in [1.54, 1.807) is 18.4 Å². The van der Waals surface area contributed by atoms with E-state index in [1.807, 2.05) is 24.3 Å². The van der Waals surface area contributed by atoms with Crippen molar-refractivity contribution < 1.29 is 4.74 Å². The second kappa shape index (κ2) is 6.43. The molecule has 5 heteroatoms. The fraction of sp³-hybridized carbons (Fsp3) is 0.267. The summed E-state index contributed by atoms with van der Waals surface area (Å²) in [5.41, 5.74) is 7.37. The van der Waals surface area contributed by atoms with Crippen LogP contribution in [0.2, 0.25) is 0 Å². The average Bonchev–Trinajstić information content (AvgIpc) is 2.97. The first-order valence-electron chi connectivity index (χ1n) is 6.45. The van der Waals surface area contributed by atoms with Crippen LogP contribution in [0.25, 0.3) is 0 Å². The van der Waals surface area contributed by atoms with Crippen LogP contribution in [-0.4, -0.2) is 19.5 Å². The van der Waals surface area contributed by atoms with Gasteiger partial charge in [0.2, 0.25) is 0 Å². The van der Waals surface area contributed by atoms with Gasteiger partial charge in [0, 0.05) is 23.1 Å². The van der Waals surface area contributed by atoms with Crippen molar-refractivity contribution in [2.45, 2.75) is 13.5 Å². The predicted octanol–water partition coefficient (Wildman–Crippen LogP) is 3.07. The van der Waals surface area contributed by atoms with Gasteiger partial charge in [-0.15, -0.1) is 11.3 Å². The molecule has 1 aromatic carbocycles. The lowest BCUT2D eigenvalue weighted by Crippen LogP contribution is -2.25. The summed E-state index contributed by atoms with van der Waals surface area (Å²) in [7, 11) is 1.64. The number of hydrogen-bond acceptors (Lipinski definition) is 4. The Balaban J connectivity index is 2.38. The molecule has 0 saturated heterocycles. The first kappa shape index (κ1) is 14.4. The van der Waals surface area contributed by atoms with E-state index in [-0.39, 0.29) is 5.84 Å². The minimum Gasteiger partial charge on any atom is -0.497 e. The third kappa shape index (κ3) is 3.11. The summed E-state index contributed by atoms with van der Waals surface area (Å²) in [5, 5.41) is 9.80. The summed E-state index contributed by atoms with van der Waals surface area (Å²) in [6.45, 7) is 3.74. The summed E-state index contributed by atoms with van der Waals surface area (Å²) >= 11 is 1.73. The molecule has 0 atom stereocenters. The number of nitrogens with one attached hydrogen (secondary N) is 1. The Kier molecular flexibility index (Phi) is 4.63. The number of anilines is 1. The topological polar surface area (TPSA) is 62.3 Å². The fourth-order valence-corrected chi connectivity index (χ4v) is 2.81. The van der Waals surface area contributed by atoms with E-state index < -0.39 is 0 Å². The molecule has 0 aliphatic carbocycles. The zero-order valence-corrected chi connectivity index (χ0v) is 12.5. The van der Waals surface area contributed by atoms with Crippen LogP contribution < -0.4 is 15.4 Å². The molecule has 106 valence electrons. The van der Waals surface area contributed by atoms with Crippen LogP contribution in [0.5, 0.6) is 5.75 Å². The number of rotatable bonds is 6. The zero-order chi connectivity index (χ0) is 14.5. The minimum atomic E-state index is 0.0762. The largest absolute Gasteiger partial charge is 0.497 e. The monoisotopic (exact) mass is 289 g/mol. The highest BCUT2D eigenvalue weighted by molar-refractivity contribution is 7.09. The van der Waals surface area contributed by atoms with Gasteiger partial charge in [-0.1, -0.05) is 6.07 Å². The fourth-order valence-electron chi connectivity index (χ4n) is 2.09. The lowest BCUT2D eigenvalue weighted by atomic mass is 10.1. The maximum absolute atomic E-state index is 7.73. The second-order valence-electron chi connectivity index (χ2n) is 4.39. The lowest BCUT2D eigenvalue weighted by Gasteiger charge is -2.25. The Labute approximate surface area is 123 Å². The van der Waals surface area contributed by atoms with E-state index in [4.69, 9.17) is 15.9 Å². The molecule has 0 aliphatic heterocycles. The van der Waals surface area contributed by atoms with Crippen molar-refractivity contribution in [3.63, 3.8) is 0 Å². The van der Waals surface area contributed by atoms with E-state index in [1.165, 1.54) is 4.88 Å². The molecule has 0 aliphatic rings. The molecule has 2 rings (SSSR count). The summed E-state index contributed by atoms with van der Waals surface area (Å²) in [6, 6.07) is 9.77. The third-order valence-electron chi connectivity index (χ3n) is 3.14. The number of hydrogen-bond donors (Lipinski definition) is 2.